The topological polar surface area (TPSA) is 20.3 Å². The van der Waals surface area contributed by atoms with Gasteiger partial charge in [-0.2, -0.15) is 0 Å². The number of carbonyl (C=O) groups excluding carboxylic acids is 1. The van der Waals surface area contributed by atoms with E-state index in [2.05, 4.69) is 43.3 Å². The van der Waals surface area contributed by atoms with Crippen LogP contribution in [0.15, 0.2) is 54.6 Å². The lowest BCUT2D eigenvalue weighted by atomic mass is 10.00. The molecule has 0 unspecified atom stereocenters. The maximum absolute atomic E-state index is 12.2. The third-order valence-electron chi connectivity index (χ3n) is 3.80. The summed E-state index contributed by atoms with van der Waals surface area (Å²) in [6.07, 6.45) is 0.913. The zero-order chi connectivity index (χ0) is 13.9. The average molecular weight is 265 g/mol. The molecule has 2 heteroatoms. The minimum absolute atomic E-state index is 0.161. The number of likely N-dealkylation sites (tertiary alicyclic amines) is 1. The van der Waals surface area contributed by atoms with Crippen molar-refractivity contribution in [2.75, 3.05) is 13.1 Å². The highest BCUT2D eigenvalue weighted by Crippen LogP contribution is 2.18. The molecule has 1 aliphatic heterocycles. The van der Waals surface area contributed by atoms with Gasteiger partial charge in [-0.25, -0.2) is 0 Å². The summed E-state index contributed by atoms with van der Waals surface area (Å²) in [6, 6.07) is 18.4. The first-order valence-corrected chi connectivity index (χ1v) is 7.14. The summed E-state index contributed by atoms with van der Waals surface area (Å²) in [7, 11) is 0. The van der Waals surface area contributed by atoms with E-state index in [1.165, 1.54) is 11.1 Å². The minimum atomic E-state index is 0.161. The lowest BCUT2D eigenvalue weighted by Crippen LogP contribution is -2.48. The van der Waals surface area contributed by atoms with Crippen LogP contribution in [0.4, 0.5) is 0 Å². The van der Waals surface area contributed by atoms with Crippen molar-refractivity contribution >= 4 is 5.91 Å². The van der Waals surface area contributed by atoms with Gasteiger partial charge in [0.25, 0.3) is 5.91 Å². The maximum atomic E-state index is 12.2. The van der Waals surface area contributed by atoms with E-state index in [4.69, 9.17) is 0 Å². The van der Waals surface area contributed by atoms with Gasteiger partial charge in [0.2, 0.25) is 0 Å². The van der Waals surface area contributed by atoms with Crippen LogP contribution in [-0.2, 0) is 6.42 Å². The van der Waals surface area contributed by atoms with Crippen LogP contribution in [0, 0.1) is 5.92 Å². The zero-order valence-corrected chi connectivity index (χ0v) is 11.8. The Morgan fingerprint density at radius 2 is 1.60 bits per heavy atom. The first-order valence-electron chi connectivity index (χ1n) is 7.14. The van der Waals surface area contributed by atoms with Gasteiger partial charge in [0.05, 0.1) is 0 Å². The first-order chi connectivity index (χ1) is 9.72. The molecule has 0 aromatic heterocycles. The Hall–Kier alpha value is -2.09. The Kier molecular flexibility index (Phi) is 3.55. The standard InChI is InChI=1S/C18H19NO/c1-14-12-19(13-14)18(20)17-9-7-16(8-10-17)11-15-5-3-2-4-6-15/h2-10,14H,11-13H2,1H3. The number of carbonyl (C=O) groups is 1. The van der Waals surface area contributed by atoms with Gasteiger partial charge in [-0.1, -0.05) is 49.4 Å². The van der Waals surface area contributed by atoms with Crippen LogP contribution in [0.3, 0.4) is 0 Å². The molecule has 1 saturated heterocycles. The minimum Gasteiger partial charge on any atom is -0.338 e. The third kappa shape index (κ3) is 2.74. The van der Waals surface area contributed by atoms with E-state index >= 15 is 0 Å². The molecule has 1 amide bonds. The van der Waals surface area contributed by atoms with Gasteiger partial charge in [-0.15, -0.1) is 0 Å². The van der Waals surface area contributed by atoms with Crippen molar-refractivity contribution < 1.29 is 4.79 Å². The van der Waals surface area contributed by atoms with Crippen molar-refractivity contribution in [2.45, 2.75) is 13.3 Å². The molecule has 0 radical (unpaired) electrons. The first kappa shape index (κ1) is 12.9. The molecule has 3 rings (SSSR count). The molecule has 2 aromatic rings. The largest absolute Gasteiger partial charge is 0.338 e. The maximum Gasteiger partial charge on any atom is 0.253 e. The molecule has 0 atom stereocenters. The fraction of sp³-hybridized carbons (Fsp3) is 0.278. The highest BCUT2D eigenvalue weighted by molar-refractivity contribution is 5.94. The SMILES string of the molecule is CC1CN(C(=O)c2ccc(Cc3ccccc3)cc2)C1. The molecule has 0 bridgehead atoms. The fourth-order valence-corrected chi connectivity index (χ4v) is 2.64. The van der Waals surface area contributed by atoms with Crippen LogP contribution in [0.25, 0.3) is 0 Å². The van der Waals surface area contributed by atoms with Crippen LogP contribution in [-0.4, -0.2) is 23.9 Å². The third-order valence-corrected chi connectivity index (χ3v) is 3.80. The number of hydrogen-bond donors (Lipinski definition) is 0. The van der Waals surface area contributed by atoms with Crippen molar-refractivity contribution in [3.05, 3.63) is 71.3 Å². The van der Waals surface area contributed by atoms with Crippen LogP contribution >= 0.6 is 0 Å². The Labute approximate surface area is 120 Å². The molecule has 102 valence electrons. The number of rotatable bonds is 3. The predicted octanol–water partition coefficient (Wildman–Crippen LogP) is 3.37. The quantitative estimate of drug-likeness (QED) is 0.833. The summed E-state index contributed by atoms with van der Waals surface area (Å²) in [4.78, 5) is 14.1. The van der Waals surface area contributed by atoms with E-state index < -0.39 is 0 Å². The molecule has 1 aliphatic rings. The van der Waals surface area contributed by atoms with Crippen molar-refractivity contribution in [1.82, 2.24) is 4.90 Å². The molecular weight excluding hydrogens is 246 g/mol. The lowest BCUT2D eigenvalue weighted by Gasteiger charge is -2.37. The molecular formula is C18H19NO. The molecule has 1 fully saturated rings. The molecule has 0 aliphatic carbocycles. The highest BCUT2D eigenvalue weighted by atomic mass is 16.2. The van der Waals surface area contributed by atoms with Crippen LogP contribution in [0.2, 0.25) is 0 Å². The highest BCUT2D eigenvalue weighted by Gasteiger charge is 2.27. The van der Waals surface area contributed by atoms with Gasteiger partial charge >= 0.3 is 0 Å². The summed E-state index contributed by atoms with van der Waals surface area (Å²) in [5.74, 6) is 0.811. The molecule has 0 saturated carbocycles. The lowest BCUT2D eigenvalue weighted by molar-refractivity contribution is 0.0530. The molecule has 20 heavy (non-hydrogen) atoms. The van der Waals surface area contributed by atoms with Crippen molar-refractivity contribution in [3.8, 4) is 0 Å². The second-order valence-corrected chi connectivity index (χ2v) is 5.67. The van der Waals surface area contributed by atoms with E-state index in [1.807, 2.05) is 23.1 Å². The van der Waals surface area contributed by atoms with Crippen LogP contribution in [0.1, 0.15) is 28.4 Å². The van der Waals surface area contributed by atoms with E-state index in [-0.39, 0.29) is 5.91 Å². The smallest absolute Gasteiger partial charge is 0.253 e. The molecule has 1 heterocycles. The Balaban J connectivity index is 1.67. The van der Waals surface area contributed by atoms with Gasteiger partial charge in [0.15, 0.2) is 0 Å². The summed E-state index contributed by atoms with van der Waals surface area (Å²) in [6.45, 7) is 3.96. The average Bonchev–Trinajstić information content (AvgIpc) is 2.45. The van der Waals surface area contributed by atoms with E-state index in [1.54, 1.807) is 0 Å². The normalized spacial score (nSPS) is 14.9. The number of nitrogens with zero attached hydrogens (tertiary/aromatic N) is 1. The van der Waals surface area contributed by atoms with Gasteiger partial charge < -0.3 is 4.90 Å². The molecule has 0 spiro atoms. The van der Waals surface area contributed by atoms with Gasteiger partial charge in [0, 0.05) is 18.7 Å². The summed E-state index contributed by atoms with van der Waals surface area (Å²) < 4.78 is 0. The Morgan fingerprint density at radius 3 is 2.20 bits per heavy atom. The Morgan fingerprint density at radius 1 is 1.00 bits per heavy atom. The molecule has 0 N–H and O–H groups in total. The van der Waals surface area contributed by atoms with E-state index in [0.29, 0.717) is 5.92 Å². The van der Waals surface area contributed by atoms with Crippen molar-refractivity contribution in [2.24, 2.45) is 5.92 Å². The zero-order valence-electron chi connectivity index (χ0n) is 11.8. The molecule has 2 nitrogen and oxygen atoms in total. The number of amides is 1. The van der Waals surface area contributed by atoms with Crippen LogP contribution in [0.5, 0.6) is 0 Å². The Bertz CT molecular complexity index is 583. The van der Waals surface area contributed by atoms with E-state index in [9.17, 15) is 4.79 Å². The second-order valence-electron chi connectivity index (χ2n) is 5.67. The van der Waals surface area contributed by atoms with Gasteiger partial charge in [0.1, 0.15) is 0 Å². The summed E-state index contributed by atoms with van der Waals surface area (Å²) >= 11 is 0. The second kappa shape index (κ2) is 5.49. The van der Waals surface area contributed by atoms with Crippen molar-refractivity contribution in [3.63, 3.8) is 0 Å². The summed E-state index contributed by atoms with van der Waals surface area (Å²) in [5, 5.41) is 0. The molecule has 2 aromatic carbocycles. The van der Waals surface area contributed by atoms with Gasteiger partial charge in [-0.3, -0.25) is 4.79 Å². The van der Waals surface area contributed by atoms with Crippen molar-refractivity contribution in [1.29, 1.82) is 0 Å². The van der Waals surface area contributed by atoms with Gasteiger partial charge in [-0.05, 0) is 35.6 Å². The monoisotopic (exact) mass is 265 g/mol. The number of benzene rings is 2. The fourth-order valence-electron chi connectivity index (χ4n) is 2.64. The predicted molar refractivity (Wildman–Crippen MR) is 80.8 cm³/mol. The van der Waals surface area contributed by atoms with E-state index in [0.717, 1.165) is 25.1 Å². The summed E-state index contributed by atoms with van der Waals surface area (Å²) in [5.41, 5.74) is 3.33. The van der Waals surface area contributed by atoms with Crippen LogP contribution < -0.4 is 0 Å². The number of hydrogen-bond acceptors (Lipinski definition) is 1.